The molecule has 114 valence electrons. The minimum Gasteiger partial charge on any atom is -0.465 e. The Morgan fingerprint density at radius 2 is 2.25 bits per heavy atom. The van der Waals surface area contributed by atoms with Crippen LogP contribution in [0.5, 0.6) is 0 Å². The van der Waals surface area contributed by atoms with Crippen molar-refractivity contribution in [2.24, 2.45) is 0 Å². The lowest BCUT2D eigenvalue weighted by Gasteiger charge is -2.25. The van der Waals surface area contributed by atoms with Crippen molar-refractivity contribution in [3.63, 3.8) is 0 Å². The molecule has 0 aliphatic rings. The van der Waals surface area contributed by atoms with Gasteiger partial charge in [0.05, 0.1) is 6.61 Å². The molecule has 1 heterocycles. The highest BCUT2D eigenvalue weighted by molar-refractivity contribution is 7.99. The molecule has 7 nitrogen and oxygen atoms in total. The summed E-state index contributed by atoms with van der Waals surface area (Å²) in [4.78, 5) is 23.5. The molecule has 0 bridgehead atoms. The third-order valence-electron chi connectivity index (χ3n) is 2.94. The number of esters is 1. The number of ether oxygens (including phenoxy) is 1. The zero-order valence-electron chi connectivity index (χ0n) is 12.4. The largest absolute Gasteiger partial charge is 0.465 e. The summed E-state index contributed by atoms with van der Waals surface area (Å²) >= 11 is 1.35. The van der Waals surface area contributed by atoms with Crippen LogP contribution in [-0.2, 0) is 16.1 Å². The summed E-state index contributed by atoms with van der Waals surface area (Å²) in [5.41, 5.74) is -1.04. The van der Waals surface area contributed by atoms with E-state index in [1.165, 1.54) is 11.8 Å². The summed E-state index contributed by atoms with van der Waals surface area (Å²) in [5, 5.41) is 9.97. The fourth-order valence-electron chi connectivity index (χ4n) is 1.57. The summed E-state index contributed by atoms with van der Waals surface area (Å²) < 4.78 is 6.63. The Morgan fingerprint density at radius 1 is 1.55 bits per heavy atom. The third-order valence-corrected chi connectivity index (χ3v) is 4.23. The van der Waals surface area contributed by atoms with Crippen LogP contribution in [0.15, 0.2) is 9.95 Å². The first-order chi connectivity index (χ1) is 9.48. The van der Waals surface area contributed by atoms with Gasteiger partial charge in [-0.1, -0.05) is 18.7 Å². The highest BCUT2D eigenvalue weighted by atomic mass is 32.2. The van der Waals surface area contributed by atoms with Gasteiger partial charge in [-0.3, -0.25) is 9.36 Å². The average Bonchev–Trinajstić information content (AvgIpc) is 2.78. The monoisotopic (exact) mass is 302 g/mol. The predicted octanol–water partition coefficient (Wildman–Crippen LogP) is 0.615. The molecule has 0 aliphatic heterocycles. The molecule has 1 atom stereocenters. The maximum absolute atomic E-state index is 11.9. The first-order valence-corrected chi connectivity index (χ1v) is 7.61. The van der Waals surface area contributed by atoms with Gasteiger partial charge in [-0.2, -0.15) is 0 Å². The molecule has 0 fully saturated rings. The number of hydrogen-bond acceptors (Lipinski definition) is 6. The fourth-order valence-corrected chi connectivity index (χ4v) is 2.69. The zero-order chi connectivity index (χ0) is 15.2. The highest BCUT2D eigenvalue weighted by Gasteiger charge is 2.33. The second-order valence-electron chi connectivity index (χ2n) is 4.55. The molecule has 1 aromatic rings. The van der Waals surface area contributed by atoms with Gasteiger partial charge in [0.1, 0.15) is 5.54 Å². The Hall–Kier alpha value is -1.28. The zero-order valence-corrected chi connectivity index (χ0v) is 13.2. The Balaban J connectivity index is 2.78. The topological polar surface area (TPSA) is 89.0 Å². The summed E-state index contributed by atoms with van der Waals surface area (Å²) in [6.07, 6.45) is 0.841. The highest BCUT2D eigenvalue weighted by Crippen LogP contribution is 2.21. The molecule has 0 saturated carbocycles. The van der Waals surface area contributed by atoms with Gasteiger partial charge in [-0.15, -0.1) is 5.10 Å². The first kappa shape index (κ1) is 16.8. The van der Waals surface area contributed by atoms with Crippen molar-refractivity contribution < 1.29 is 9.53 Å². The molecule has 0 saturated heterocycles. The molecular weight excluding hydrogens is 280 g/mol. The molecule has 20 heavy (non-hydrogen) atoms. The van der Waals surface area contributed by atoms with E-state index in [0.717, 1.165) is 6.42 Å². The number of nitrogens with zero attached hydrogens (tertiary/aromatic N) is 2. The smallest absolute Gasteiger partial charge is 0.343 e. The summed E-state index contributed by atoms with van der Waals surface area (Å²) in [6, 6.07) is 0. The van der Waals surface area contributed by atoms with Gasteiger partial charge in [0.15, 0.2) is 5.16 Å². The van der Waals surface area contributed by atoms with Crippen molar-refractivity contribution in [2.75, 3.05) is 19.4 Å². The van der Waals surface area contributed by atoms with Crippen LogP contribution in [0, 0.1) is 0 Å². The first-order valence-electron chi connectivity index (χ1n) is 6.62. The van der Waals surface area contributed by atoms with Crippen molar-refractivity contribution in [2.45, 2.75) is 44.4 Å². The molecule has 1 unspecified atom stereocenters. The van der Waals surface area contributed by atoms with E-state index in [4.69, 9.17) is 4.74 Å². The average molecular weight is 302 g/mol. The lowest BCUT2D eigenvalue weighted by Crippen LogP contribution is -2.50. The Bertz CT molecular complexity index is 499. The lowest BCUT2D eigenvalue weighted by molar-refractivity contribution is -0.149. The lowest BCUT2D eigenvalue weighted by atomic mass is 10.1. The van der Waals surface area contributed by atoms with Crippen molar-refractivity contribution >= 4 is 17.7 Å². The fraction of sp³-hybridized carbons (Fsp3) is 0.750. The van der Waals surface area contributed by atoms with Crippen LogP contribution in [0.1, 0.15) is 27.2 Å². The van der Waals surface area contributed by atoms with E-state index in [2.05, 4.69) is 15.5 Å². The maximum Gasteiger partial charge on any atom is 0.343 e. The van der Waals surface area contributed by atoms with Gasteiger partial charge in [-0.25, -0.2) is 9.89 Å². The van der Waals surface area contributed by atoms with Crippen LogP contribution in [0.2, 0.25) is 0 Å². The molecular formula is C12H22N4O3S. The van der Waals surface area contributed by atoms with Crippen molar-refractivity contribution in [1.29, 1.82) is 0 Å². The number of H-pyrrole nitrogens is 1. The van der Waals surface area contributed by atoms with Crippen LogP contribution < -0.4 is 11.0 Å². The Labute approximate surface area is 122 Å². The Morgan fingerprint density at radius 3 is 2.80 bits per heavy atom. The normalized spacial score (nSPS) is 14.0. The Kier molecular flexibility index (Phi) is 6.28. The van der Waals surface area contributed by atoms with Crippen molar-refractivity contribution in [1.82, 2.24) is 20.1 Å². The van der Waals surface area contributed by atoms with Gasteiger partial charge in [-0.05, 0) is 27.3 Å². The second-order valence-corrected chi connectivity index (χ2v) is 5.50. The van der Waals surface area contributed by atoms with E-state index in [1.807, 2.05) is 6.92 Å². The van der Waals surface area contributed by atoms with E-state index in [0.29, 0.717) is 24.1 Å². The minimum absolute atomic E-state index is 0.225. The number of likely N-dealkylation sites (N-methyl/N-ethyl adjacent to an activating group) is 1. The molecule has 0 amide bonds. The minimum atomic E-state index is -0.813. The maximum atomic E-state index is 11.9. The van der Waals surface area contributed by atoms with Crippen molar-refractivity contribution in [3.8, 4) is 0 Å². The molecule has 0 spiro atoms. The van der Waals surface area contributed by atoms with E-state index < -0.39 is 5.54 Å². The van der Waals surface area contributed by atoms with Crippen LogP contribution in [-0.4, -0.2) is 45.7 Å². The summed E-state index contributed by atoms with van der Waals surface area (Å²) in [7, 11) is 1.71. The number of hydrogen-bond donors (Lipinski definition) is 2. The standard InChI is InChI=1S/C12H22N4O3S/c1-5-7-16-10(18)14-15-11(16)20-8-12(3,13-4)9(17)19-6-2/h13H,5-8H2,1-4H3,(H,14,18). The van der Waals surface area contributed by atoms with Crippen LogP contribution in [0.25, 0.3) is 0 Å². The number of thioether (sulfide) groups is 1. The summed E-state index contributed by atoms with van der Waals surface area (Å²) in [6.45, 7) is 6.47. The van der Waals surface area contributed by atoms with Crippen molar-refractivity contribution in [3.05, 3.63) is 10.5 Å². The van der Waals surface area contributed by atoms with Gasteiger partial charge < -0.3 is 10.1 Å². The molecule has 0 radical (unpaired) electrons. The predicted molar refractivity (Wildman–Crippen MR) is 78.0 cm³/mol. The van der Waals surface area contributed by atoms with E-state index >= 15 is 0 Å². The van der Waals surface area contributed by atoms with E-state index in [9.17, 15) is 9.59 Å². The number of carbonyl (C=O) groups excluding carboxylic acids is 1. The number of aromatic nitrogens is 3. The number of carbonyl (C=O) groups is 1. The van der Waals surface area contributed by atoms with Gasteiger partial charge in [0.25, 0.3) is 0 Å². The van der Waals surface area contributed by atoms with Crippen LogP contribution in [0.4, 0.5) is 0 Å². The summed E-state index contributed by atoms with van der Waals surface area (Å²) in [5.74, 6) is 0.117. The quantitative estimate of drug-likeness (QED) is 0.540. The number of nitrogens with one attached hydrogen (secondary N) is 2. The third kappa shape index (κ3) is 3.86. The van der Waals surface area contributed by atoms with Crippen LogP contribution >= 0.6 is 11.8 Å². The molecule has 1 aromatic heterocycles. The SMILES string of the molecule is CCCn1c(SCC(C)(NC)C(=O)OCC)n[nH]c1=O. The van der Waals surface area contributed by atoms with Gasteiger partial charge in [0.2, 0.25) is 0 Å². The number of rotatable bonds is 8. The van der Waals surface area contributed by atoms with Gasteiger partial charge in [0, 0.05) is 12.3 Å². The molecule has 0 aromatic carbocycles. The van der Waals surface area contributed by atoms with Gasteiger partial charge >= 0.3 is 11.7 Å². The second kappa shape index (κ2) is 7.49. The molecule has 0 aliphatic carbocycles. The molecule has 2 N–H and O–H groups in total. The van der Waals surface area contributed by atoms with Crippen LogP contribution in [0.3, 0.4) is 0 Å². The molecule has 8 heteroatoms. The van der Waals surface area contributed by atoms with E-state index in [-0.39, 0.29) is 11.7 Å². The molecule has 1 rings (SSSR count). The van der Waals surface area contributed by atoms with E-state index in [1.54, 1.807) is 25.5 Å². The number of aromatic amines is 1.